The maximum atomic E-state index is 12.0. The monoisotopic (exact) mass is 275 g/mol. The lowest BCUT2D eigenvalue weighted by atomic mass is 10.2. The van der Waals surface area contributed by atoms with Crippen LogP contribution < -0.4 is 10.6 Å². The number of rotatable bonds is 5. The Morgan fingerprint density at radius 3 is 3.05 bits per heavy atom. The molecule has 0 aliphatic carbocycles. The van der Waals surface area contributed by atoms with Crippen molar-refractivity contribution in [1.29, 1.82) is 0 Å². The molecule has 6 nitrogen and oxygen atoms in total. The van der Waals surface area contributed by atoms with E-state index >= 15 is 0 Å². The van der Waals surface area contributed by atoms with Crippen LogP contribution in [0.5, 0.6) is 0 Å². The fourth-order valence-electron chi connectivity index (χ4n) is 1.91. The SMILES string of the molecule is CC1CN=C(NCC(=O)N(C)CCc2ccccn2)N1. The number of aromatic nitrogens is 1. The van der Waals surface area contributed by atoms with Gasteiger partial charge in [-0.25, -0.2) is 0 Å². The van der Waals surface area contributed by atoms with Crippen LogP contribution in [0, 0.1) is 0 Å². The van der Waals surface area contributed by atoms with E-state index in [0.29, 0.717) is 18.5 Å². The van der Waals surface area contributed by atoms with Gasteiger partial charge in [-0.3, -0.25) is 14.8 Å². The van der Waals surface area contributed by atoms with Crippen LogP contribution in [-0.2, 0) is 11.2 Å². The number of carbonyl (C=O) groups excluding carboxylic acids is 1. The molecule has 0 fully saturated rings. The molecule has 6 heteroatoms. The molecule has 0 aromatic carbocycles. The van der Waals surface area contributed by atoms with Gasteiger partial charge in [-0.15, -0.1) is 0 Å². The molecule has 1 atom stereocenters. The molecule has 2 N–H and O–H groups in total. The smallest absolute Gasteiger partial charge is 0.241 e. The fourth-order valence-corrected chi connectivity index (χ4v) is 1.91. The third-order valence-electron chi connectivity index (χ3n) is 3.17. The van der Waals surface area contributed by atoms with Crippen molar-refractivity contribution in [3.8, 4) is 0 Å². The van der Waals surface area contributed by atoms with Crippen LogP contribution >= 0.6 is 0 Å². The number of amides is 1. The Bertz CT molecular complexity index is 474. The maximum absolute atomic E-state index is 12.0. The number of hydrogen-bond acceptors (Lipinski definition) is 5. The van der Waals surface area contributed by atoms with E-state index in [2.05, 4.69) is 27.5 Å². The summed E-state index contributed by atoms with van der Waals surface area (Å²) in [6, 6.07) is 6.15. The molecule has 1 aliphatic heterocycles. The van der Waals surface area contributed by atoms with Crippen LogP contribution in [0.3, 0.4) is 0 Å². The summed E-state index contributed by atoms with van der Waals surface area (Å²) >= 11 is 0. The Morgan fingerprint density at radius 1 is 1.55 bits per heavy atom. The second-order valence-electron chi connectivity index (χ2n) is 4.97. The first-order valence-corrected chi connectivity index (χ1v) is 6.84. The Kier molecular flexibility index (Phi) is 4.92. The first-order chi connectivity index (χ1) is 9.65. The number of pyridine rings is 1. The zero-order valence-electron chi connectivity index (χ0n) is 12.0. The van der Waals surface area contributed by atoms with E-state index in [0.717, 1.165) is 18.7 Å². The molecule has 0 bridgehead atoms. The Labute approximate surface area is 119 Å². The van der Waals surface area contributed by atoms with Gasteiger partial charge in [0.2, 0.25) is 5.91 Å². The number of guanidine groups is 1. The van der Waals surface area contributed by atoms with Gasteiger partial charge < -0.3 is 15.5 Å². The summed E-state index contributed by atoms with van der Waals surface area (Å²) in [6.45, 7) is 3.73. The summed E-state index contributed by atoms with van der Waals surface area (Å²) in [5, 5.41) is 6.19. The van der Waals surface area contributed by atoms with Gasteiger partial charge in [-0.2, -0.15) is 0 Å². The minimum absolute atomic E-state index is 0.0463. The number of nitrogens with one attached hydrogen (secondary N) is 2. The Hall–Kier alpha value is -2.11. The molecule has 0 spiro atoms. The van der Waals surface area contributed by atoms with Crippen molar-refractivity contribution in [2.45, 2.75) is 19.4 Å². The molecule has 1 unspecified atom stereocenters. The number of aliphatic imine (C=N–C) groups is 1. The van der Waals surface area contributed by atoms with E-state index in [1.54, 1.807) is 18.1 Å². The third kappa shape index (κ3) is 4.22. The first kappa shape index (κ1) is 14.3. The van der Waals surface area contributed by atoms with Crippen LogP contribution in [0.15, 0.2) is 29.4 Å². The lowest BCUT2D eigenvalue weighted by Crippen LogP contribution is -2.43. The van der Waals surface area contributed by atoms with Gasteiger partial charge in [0.1, 0.15) is 0 Å². The van der Waals surface area contributed by atoms with E-state index < -0.39 is 0 Å². The molecule has 1 amide bonds. The predicted octanol–water partition coefficient (Wildman–Crippen LogP) is 0.0198. The zero-order chi connectivity index (χ0) is 14.4. The minimum Gasteiger partial charge on any atom is -0.352 e. The average molecular weight is 275 g/mol. The van der Waals surface area contributed by atoms with Gasteiger partial charge in [0, 0.05) is 37.9 Å². The van der Waals surface area contributed by atoms with E-state index in [1.807, 2.05) is 18.2 Å². The normalized spacial score (nSPS) is 17.3. The third-order valence-corrected chi connectivity index (χ3v) is 3.17. The number of hydrogen-bond donors (Lipinski definition) is 2. The quantitative estimate of drug-likeness (QED) is 0.795. The standard InChI is InChI=1S/C14H21N5O/c1-11-9-16-14(18-11)17-10-13(20)19(2)8-6-12-5-3-4-7-15-12/h3-5,7,11H,6,8-10H2,1-2H3,(H2,16,17,18). The summed E-state index contributed by atoms with van der Waals surface area (Å²) in [7, 11) is 1.81. The van der Waals surface area contributed by atoms with E-state index in [-0.39, 0.29) is 12.5 Å². The van der Waals surface area contributed by atoms with Crippen LogP contribution in [-0.4, -0.2) is 54.5 Å². The molecule has 2 heterocycles. The molecule has 0 saturated carbocycles. The van der Waals surface area contributed by atoms with Crippen LogP contribution in [0.4, 0.5) is 0 Å². The second kappa shape index (κ2) is 6.88. The van der Waals surface area contributed by atoms with Crippen LogP contribution in [0.25, 0.3) is 0 Å². The van der Waals surface area contributed by atoms with Gasteiger partial charge in [-0.1, -0.05) is 6.07 Å². The van der Waals surface area contributed by atoms with Crippen molar-refractivity contribution in [3.63, 3.8) is 0 Å². The summed E-state index contributed by atoms with van der Waals surface area (Å²) in [6.07, 6.45) is 2.53. The van der Waals surface area contributed by atoms with Crippen molar-refractivity contribution >= 4 is 11.9 Å². The number of carbonyl (C=O) groups is 1. The lowest BCUT2D eigenvalue weighted by Gasteiger charge is -2.17. The molecule has 20 heavy (non-hydrogen) atoms. The van der Waals surface area contributed by atoms with Crippen LogP contribution in [0.2, 0.25) is 0 Å². The first-order valence-electron chi connectivity index (χ1n) is 6.84. The van der Waals surface area contributed by atoms with Gasteiger partial charge in [0.05, 0.1) is 13.1 Å². The highest BCUT2D eigenvalue weighted by atomic mass is 16.2. The highest BCUT2D eigenvalue weighted by Crippen LogP contribution is 1.97. The van der Waals surface area contributed by atoms with E-state index in [4.69, 9.17) is 0 Å². The van der Waals surface area contributed by atoms with E-state index in [1.165, 1.54) is 0 Å². The molecule has 1 aliphatic rings. The molecule has 1 aromatic rings. The zero-order valence-corrected chi connectivity index (χ0v) is 12.0. The highest BCUT2D eigenvalue weighted by Gasteiger charge is 2.14. The molecule has 2 rings (SSSR count). The lowest BCUT2D eigenvalue weighted by molar-refractivity contribution is -0.128. The molecule has 0 saturated heterocycles. The maximum Gasteiger partial charge on any atom is 0.241 e. The van der Waals surface area contributed by atoms with Crippen LogP contribution in [0.1, 0.15) is 12.6 Å². The second-order valence-corrected chi connectivity index (χ2v) is 4.97. The number of likely N-dealkylation sites (N-methyl/N-ethyl adjacent to an activating group) is 1. The molecular formula is C14H21N5O. The summed E-state index contributed by atoms with van der Waals surface area (Å²) < 4.78 is 0. The van der Waals surface area contributed by atoms with Gasteiger partial charge in [-0.05, 0) is 19.1 Å². The van der Waals surface area contributed by atoms with Crippen molar-refractivity contribution in [2.24, 2.45) is 4.99 Å². The Balaban J connectivity index is 1.69. The predicted molar refractivity (Wildman–Crippen MR) is 78.5 cm³/mol. The fraction of sp³-hybridized carbons (Fsp3) is 0.500. The van der Waals surface area contributed by atoms with Gasteiger partial charge >= 0.3 is 0 Å². The average Bonchev–Trinajstić information content (AvgIpc) is 2.89. The molecule has 1 aromatic heterocycles. The van der Waals surface area contributed by atoms with Crippen molar-refractivity contribution in [1.82, 2.24) is 20.5 Å². The van der Waals surface area contributed by atoms with Crippen molar-refractivity contribution in [2.75, 3.05) is 26.7 Å². The highest BCUT2D eigenvalue weighted by molar-refractivity contribution is 5.87. The molecule has 0 radical (unpaired) electrons. The van der Waals surface area contributed by atoms with Gasteiger partial charge in [0.15, 0.2) is 5.96 Å². The molecular weight excluding hydrogens is 254 g/mol. The largest absolute Gasteiger partial charge is 0.352 e. The molecule has 108 valence electrons. The minimum atomic E-state index is 0.0463. The van der Waals surface area contributed by atoms with E-state index in [9.17, 15) is 4.79 Å². The summed E-state index contributed by atoms with van der Waals surface area (Å²) in [5.41, 5.74) is 0.996. The van der Waals surface area contributed by atoms with Crippen molar-refractivity contribution < 1.29 is 4.79 Å². The van der Waals surface area contributed by atoms with Crippen molar-refractivity contribution in [3.05, 3.63) is 30.1 Å². The summed E-state index contributed by atoms with van der Waals surface area (Å²) in [5.74, 6) is 0.758. The number of nitrogens with zero attached hydrogens (tertiary/aromatic N) is 3. The summed E-state index contributed by atoms with van der Waals surface area (Å²) in [4.78, 5) is 22.2. The Morgan fingerprint density at radius 2 is 2.40 bits per heavy atom. The topological polar surface area (TPSA) is 69.6 Å². The van der Waals surface area contributed by atoms with Gasteiger partial charge in [0.25, 0.3) is 0 Å².